The fraction of sp³-hybridized carbons (Fsp3) is 0.929. The Hall–Kier alpha value is -1.14. The molecule has 0 heterocycles. The van der Waals surface area contributed by atoms with Gasteiger partial charge in [-0.3, -0.25) is 9.59 Å². The Morgan fingerprint density at radius 2 is 0.912 bits per heavy atom. The molecular formula is C28H56N2O4. The van der Waals surface area contributed by atoms with Crippen LogP contribution in [0, 0.1) is 0 Å². The summed E-state index contributed by atoms with van der Waals surface area (Å²) in [4.78, 5) is 24.6. The maximum atomic E-state index is 12.3. The Bertz CT molecular complexity index is 447. The number of rotatable bonds is 24. The lowest BCUT2D eigenvalue weighted by Crippen LogP contribution is -2.47. The van der Waals surface area contributed by atoms with Crippen LogP contribution in [0.5, 0.6) is 0 Å². The van der Waals surface area contributed by atoms with E-state index in [1.807, 2.05) is 13.8 Å². The largest absolute Gasteiger partial charge is 0.393 e. The minimum absolute atomic E-state index is 0.0259. The van der Waals surface area contributed by atoms with E-state index >= 15 is 0 Å². The number of amides is 2. The number of hydrogen-bond donors (Lipinski definition) is 4. The van der Waals surface area contributed by atoms with E-state index in [0.717, 1.165) is 116 Å². The summed E-state index contributed by atoms with van der Waals surface area (Å²) in [6, 6.07) is 0. The molecule has 6 nitrogen and oxygen atoms in total. The van der Waals surface area contributed by atoms with Crippen molar-refractivity contribution >= 4 is 11.8 Å². The highest BCUT2D eigenvalue weighted by atomic mass is 16.3. The summed E-state index contributed by atoms with van der Waals surface area (Å²) in [5, 5.41) is 25.1. The number of nitrogens with one attached hydrogen (secondary N) is 2. The molecule has 0 aromatic heterocycles. The van der Waals surface area contributed by atoms with E-state index in [1.165, 1.54) is 0 Å². The molecule has 2 amide bonds. The van der Waals surface area contributed by atoms with Crippen LogP contribution in [0.1, 0.15) is 149 Å². The van der Waals surface area contributed by atoms with Crippen molar-refractivity contribution in [2.24, 2.45) is 0 Å². The van der Waals surface area contributed by atoms with Gasteiger partial charge in [0.15, 0.2) is 0 Å². The quantitative estimate of drug-likeness (QED) is 0.0978. The Kier molecular flexibility index (Phi) is 22.8. The van der Waals surface area contributed by atoms with E-state index in [-0.39, 0.29) is 30.2 Å². The smallest absolute Gasteiger partial charge is 0.221 e. The summed E-state index contributed by atoms with van der Waals surface area (Å²) >= 11 is 0. The van der Waals surface area contributed by atoms with Crippen LogP contribution < -0.4 is 10.6 Å². The molecule has 202 valence electrons. The number of unbranched alkanes of at least 4 members (excludes halogenated alkanes) is 10. The zero-order chi connectivity index (χ0) is 25.4. The van der Waals surface area contributed by atoms with E-state index < -0.39 is 0 Å². The number of carbonyl (C=O) groups excluding carboxylic acids is 2. The Morgan fingerprint density at radius 1 is 0.559 bits per heavy atom. The van der Waals surface area contributed by atoms with Gasteiger partial charge in [0.05, 0.1) is 12.2 Å². The zero-order valence-electron chi connectivity index (χ0n) is 22.6. The van der Waals surface area contributed by atoms with Crippen LogP contribution in [0.4, 0.5) is 0 Å². The molecule has 0 saturated heterocycles. The van der Waals surface area contributed by atoms with Crippen molar-refractivity contribution in [3.05, 3.63) is 0 Å². The highest BCUT2D eigenvalue weighted by Gasteiger charge is 2.14. The molecule has 0 aliphatic carbocycles. The summed E-state index contributed by atoms with van der Waals surface area (Å²) < 4.78 is 0. The van der Waals surface area contributed by atoms with Crippen LogP contribution in [0.25, 0.3) is 0 Å². The van der Waals surface area contributed by atoms with Crippen molar-refractivity contribution in [1.82, 2.24) is 10.6 Å². The minimum Gasteiger partial charge on any atom is -0.393 e. The van der Waals surface area contributed by atoms with Crippen LogP contribution in [0.3, 0.4) is 0 Å². The lowest BCUT2D eigenvalue weighted by atomic mass is 10.0. The van der Waals surface area contributed by atoms with Crippen molar-refractivity contribution in [1.29, 1.82) is 0 Å². The van der Waals surface area contributed by atoms with Crippen molar-refractivity contribution in [3.8, 4) is 0 Å². The molecule has 2 unspecified atom stereocenters. The second kappa shape index (κ2) is 23.6. The van der Waals surface area contributed by atoms with Crippen molar-refractivity contribution < 1.29 is 19.8 Å². The predicted molar refractivity (Wildman–Crippen MR) is 141 cm³/mol. The van der Waals surface area contributed by atoms with Crippen LogP contribution >= 0.6 is 0 Å². The third-order valence-electron chi connectivity index (χ3n) is 6.57. The first-order valence-corrected chi connectivity index (χ1v) is 14.4. The van der Waals surface area contributed by atoms with Crippen LogP contribution in [-0.2, 0) is 9.59 Å². The molecule has 0 aliphatic heterocycles. The number of aliphatic hydroxyl groups is 2. The standard InChI is InChI=1S/C28H56N2O4/c1-4-19-26(29-27(33)22-17-13-9-7-11-15-20-24(31)5-2)30-28(34)23-18-14-10-8-12-16-21-25(32)6-3/h24-26,31-32H,4-23H2,1-3H3,(H,29,33)(H,30,34). The zero-order valence-corrected chi connectivity index (χ0v) is 22.6. The minimum atomic E-state index is -0.264. The van der Waals surface area contributed by atoms with Gasteiger partial charge in [0.1, 0.15) is 6.17 Å². The topological polar surface area (TPSA) is 98.7 Å². The molecule has 0 aliphatic rings. The number of hydrogen-bond acceptors (Lipinski definition) is 4. The van der Waals surface area contributed by atoms with E-state index in [0.29, 0.717) is 12.8 Å². The van der Waals surface area contributed by atoms with Gasteiger partial charge in [-0.15, -0.1) is 0 Å². The first kappa shape index (κ1) is 32.9. The molecule has 0 aromatic carbocycles. The lowest BCUT2D eigenvalue weighted by Gasteiger charge is -2.20. The van der Waals surface area contributed by atoms with Gasteiger partial charge in [-0.05, 0) is 44.9 Å². The summed E-state index contributed by atoms with van der Waals surface area (Å²) in [6.07, 6.45) is 18.5. The molecule has 6 heteroatoms. The van der Waals surface area contributed by atoms with E-state index in [1.54, 1.807) is 0 Å². The van der Waals surface area contributed by atoms with Gasteiger partial charge in [0, 0.05) is 12.8 Å². The summed E-state index contributed by atoms with van der Waals surface area (Å²) in [6.45, 7) is 6.08. The molecule has 34 heavy (non-hydrogen) atoms. The third-order valence-corrected chi connectivity index (χ3v) is 6.57. The first-order chi connectivity index (χ1) is 16.4. The predicted octanol–water partition coefficient (Wildman–Crippen LogP) is 6.13. The molecule has 0 spiro atoms. The van der Waals surface area contributed by atoms with Gasteiger partial charge >= 0.3 is 0 Å². The van der Waals surface area contributed by atoms with E-state index in [4.69, 9.17) is 0 Å². The average Bonchev–Trinajstić information content (AvgIpc) is 2.82. The SMILES string of the molecule is CCCC(NC(=O)CCCCCCCCC(O)CC)NC(=O)CCCCCCCCC(O)CC. The van der Waals surface area contributed by atoms with Gasteiger partial charge in [0.25, 0.3) is 0 Å². The van der Waals surface area contributed by atoms with Gasteiger partial charge in [0.2, 0.25) is 11.8 Å². The molecular weight excluding hydrogens is 428 g/mol. The van der Waals surface area contributed by atoms with Gasteiger partial charge in [-0.25, -0.2) is 0 Å². The Balaban J connectivity index is 3.81. The fourth-order valence-electron chi connectivity index (χ4n) is 4.16. The number of aliphatic hydroxyl groups excluding tert-OH is 2. The Morgan fingerprint density at radius 3 is 1.26 bits per heavy atom. The summed E-state index contributed by atoms with van der Waals surface area (Å²) in [5.41, 5.74) is 0. The molecule has 0 bridgehead atoms. The first-order valence-electron chi connectivity index (χ1n) is 14.4. The Labute approximate surface area is 210 Å². The molecule has 0 fully saturated rings. The van der Waals surface area contributed by atoms with Crippen molar-refractivity contribution in [3.63, 3.8) is 0 Å². The second-order valence-electron chi connectivity index (χ2n) is 9.92. The third kappa shape index (κ3) is 21.4. The van der Waals surface area contributed by atoms with E-state index in [2.05, 4.69) is 17.6 Å². The van der Waals surface area contributed by atoms with Crippen molar-refractivity contribution in [2.75, 3.05) is 0 Å². The molecule has 4 N–H and O–H groups in total. The van der Waals surface area contributed by atoms with E-state index in [9.17, 15) is 19.8 Å². The monoisotopic (exact) mass is 484 g/mol. The molecule has 0 aromatic rings. The second-order valence-corrected chi connectivity index (χ2v) is 9.92. The van der Waals surface area contributed by atoms with Gasteiger partial charge < -0.3 is 20.8 Å². The van der Waals surface area contributed by atoms with Gasteiger partial charge in [-0.2, -0.15) is 0 Å². The lowest BCUT2D eigenvalue weighted by molar-refractivity contribution is -0.124. The number of carbonyl (C=O) groups is 2. The maximum Gasteiger partial charge on any atom is 0.221 e. The van der Waals surface area contributed by atoms with Crippen LogP contribution in [0.2, 0.25) is 0 Å². The fourth-order valence-corrected chi connectivity index (χ4v) is 4.16. The van der Waals surface area contributed by atoms with Crippen LogP contribution in [0.15, 0.2) is 0 Å². The molecule has 2 atom stereocenters. The molecule has 0 rings (SSSR count). The highest BCUT2D eigenvalue weighted by Crippen LogP contribution is 2.12. The molecule has 0 radical (unpaired) electrons. The van der Waals surface area contributed by atoms with Crippen LogP contribution in [-0.4, -0.2) is 40.4 Å². The summed E-state index contributed by atoms with van der Waals surface area (Å²) in [7, 11) is 0. The average molecular weight is 485 g/mol. The van der Waals surface area contributed by atoms with Crippen molar-refractivity contribution in [2.45, 2.75) is 168 Å². The molecule has 0 saturated carbocycles. The normalized spacial score (nSPS) is 13.9. The van der Waals surface area contributed by atoms with Gasteiger partial charge in [-0.1, -0.05) is 91.4 Å². The highest BCUT2D eigenvalue weighted by molar-refractivity contribution is 5.79. The summed E-state index contributed by atoms with van der Waals surface area (Å²) in [5.74, 6) is 0.0519. The maximum absolute atomic E-state index is 12.3.